The maximum atomic E-state index is 5.14. The van der Waals surface area contributed by atoms with E-state index >= 15 is 0 Å². The maximum Gasteiger partial charge on any atom is 0.0589 e. The average molecular weight is 216 g/mol. The van der Waals surface area contributed by atoms with Crippen molar-refractivity contribution in [1.29, 1.82) is 0 Å². The Morgan fingerprint density at radius 2 is 1.93 bits per heavy atom. The Hall–Kier alpha value is -0.120. The molecule has 0 aliphatic rings. The molecule has 0 aliphatic carbocycles. The average Bonchev–Trinajstić information content (AvgIpc) is 2.21. The SMILES string of the molecule is CCC(CN(CCOC)CC(C)C)NC. The number of rotatable bonds is 9. The molecular formula is C12H28N2O. The summed E-state index contributed by atoms with van der Waals surface area (Å²) in [7, 11) is 3.81. The van der Waals surface area contributed by atoms with Gasteiger partial charge in [0.15, 0.2) is 0 Å². The highest BCUT2D eigenvalue weighted by atomic mass is 16.5. The molecule has 0 saturated heterocycles. The lowest BCUT2D eigenvalue weighted by Crippen LogP contribution is -2.42. The summed E-state index contributed by atoms with van der Waals surface area (Å²) in [6, 6.07) is 0.598. The minimum atomic E-state index is 0.598. The van der Waals surface area contributed by atoms with Gasteiger partial charge in [0, 0.05) is 32.8 Å². The smallest absolute Gasteiger partial charge is 0.0589 e. The Labute approximate surface area is 95.2 Å². The number of nitrogens with one attached hydrogen (secondary N) is 1. The van der Waals surface area contributed by atoms with Crippen LogP contribution < -0.4 is 5.32 Å². The van der Waals surface area contributed by atoms with Crippen LogP contribution >= 0.6 is 0 Å². The van der Waals surface area contributed by atoms with E-state index in [0.717, 1.165) is 32.2 Å². The van der Waals surface area contributed by atoms with Crippen LogP contribution in [0.15, 0.2) is 0 Å². The van der Waals surface area contributed by atoms with Gasteiger partial charge in [-0.1, -0.05) is 20.8 Å². The van der Waals surface area contributed by atoms with Crippen LogP contribution in [0, 0.1) is 5.92 Å². The van der Waals surface area contributed by atoms with Crippen LogP contribution in [0.2, 0.25) is 0 Å². The summed E-state index contributed by atoms with van der Waals surface area (Å²) in [6.07, 6.45) is 1.18. The predicted octanol–water partition coefficient (Wildman–Crippen LogP) is 1.59. The van der Waals surface area contributed by atoms with Crippen LogP contribution in [0.5, 0.6) is 0 Å². The summed E-state index contributed by atoms with van der Waals surface area (Å²) in [6.45, 7) is 10.9. The summed E-state index contributed by atoms with van der Waals surface area (Å²) in [4.78, 5) is 2.48. The summed E-state index contributed by atoms with van der Waals surface area (Å²) in [5.74, 6) is 0.719. The van der Waals surface area contributed by atoms with Crippen molar-refractivity contribution in [3.63, 3.8) is 0 Å². The summed E-state index contributed by atoms with van der Waals surface area (Å²) >= 11 is 0. The zero-order valence-corrected chi connectivity index (χ0v) is 11.0. The second kappa shape index (κ2) is 9.13. The molecule has 3 nitrogen and oxygen atoms in total. The van der Waals surface area contributed by atoms with Gasteiger partial charge in [-0.3, -0.25) is 4.90 Å². The van der Waals surface area contributed by atoms with Gasteiger partial charge in [-0.05, 0) is 19.4 Å². The molecule has 0 saturated carbocycles. The minimum absolute atomic E-state index is 0.598. The largest absolute Gasteiger partial charge is 0.383 e. The zero-order valence-electron chi connectivity index (χ0n) is 11.0. The highest BCUT2D eigenvalue weighted by molar-refractivity contribution is 4.70. The van der Waals surface area contributed by atoms with Crippen molar-refractivity contribution >= 4 is 0 Å². The van der Waals surface area contributed by atoms with E-state index in [0.29, 0.717) is 6.04 Å². The van der Waals surface area contributed by atoms with E-state index in [9.17, 15) is 0 Å². The second-order valence-corrected chi connectivity index (χ2v) is 4.54. The number of ether oxygens (including phenoxy) is 1. The molecule has 0 rings (SSSR count). The van der Waals surface area contributed by atoms with Gasteiger partial charge in [0.25, 0.3) is 0 Å². The Balaban J connectivity index is 3.97. The van der Waals surface area contributed by atoms with Gasteiger partial charge < -0.3 is 10.1 Å². The molecule has 1 N–H and O–H groups in total. The van der Waals surface area contributed by atoms with Crippen molar-refractivity contribution in [3.05, 3.63) is 0 Å². The first kappa shape index (κ1) is 14.9. The molecular weight excluding hydrogens is 188 g/mol. The van der Waals surface area contributed by atoms with Crippen molar-refractivity contribution in [3.8, 4) is 0 Å². The van der Waals surface area contributed by atoms with Crippen LogP contribution in [0.1, 0.15) is 27.2 Å². The Kier molecular flexibility index (Phi) is 9.06. The second-order valence-electron chi connectivity index (χ2n) is 4.54. The molecule has 0 aromatic carbocycles. The molecule has 0 aromatic rings. The molecule has 0 bridgehead atoms. The van der Waals surface area contributed by atoms with Crippen LogP contribution in [-0.4, -0.2) is 51.3 Å². The van der Waals surface area contributed by atoms with Gasteiger partial charge in [0.1, 0.15) is 0 Å². The van der Waals surface area contributed by atoms with Crippen LogP contribution in [0.3, 0.4) is 0 Å². The van der Waals surface area contributed by atoms with Crippen LogP contribution in [-0.2, 0) is 4.74 Å². The first-order valence-electron chi connectivity index (χ1n) is 6.02. The van der Waals surface area contributed by atoms with Gasteiger partial charge in [-0.15, -0.1) is 0 Å². The summed E-state index contributed by atoms with van der Waals surface area (Å²) in [5.41, 5.74) is 0. The number of likely N-dealkylation sites (N-methyl/N-ethyl adjacent to an activating group) is 1. The number of hydrogen-bond donors (Lipinski definition) is 1. The molecule has 3 heteroatoms. The van der Waals surface area contributed by atoms with Crippen LogP contribution in [0.4, 0.5) is 0 Å². The Bertz CT molecular complexity index is 136. The van der Waals surface area contributed by atoms with Gasteiger partial charge in [-0.2, -0.15) is 0 Å². The van der Waals surface area contributed by atoms with Crippen molar-refractivity contribution in [2.75, 3.05) is 40.4 Å². The summed E-state index contributed by atoms with van der Waals surface area (Å²) in [5, 5.41) is 3.35. The lowest BCUT2D eigenvalue weighted by atomic mass is 10.1. The minimum Gasteiger partial charge on any atom is -0.383 e. The standard InChI is InChI=1S/C12H28N2O/c1-6-12(13-4)10-14(7-8-15-5)9-11(2)3/h11-13H,6-10H2,1-5H3. The van der Waals surface area contributed by atoms with Crippen molar-refractivity contribution in [1.82, 2.24) is 10.2 Å². The molecule has 1 atom stereocenters. The van der Waals surface area contributed by atoms with E-state index in [2.05, 4.69) is 31.0 Å². The fraction of sp³-hybridized carbons (Fsp3) is 1.00. The lowest BCUT2D eigenvalue weighted by Gasteiger charge is -2.28. The molecule has 1 unspecified atom stereocenters. The van der Waals surface area contributed by atoms with Crippen molar-refractivity contribution in [2.24, 2.45) is 5.92 Å². The fourth-order valence-corrected chi connectivity index (χ4v) is 1.73. The maximum absolute atomic E-state index is 5.14. The Morgan fingerprint density at radius 1 is 1.27 bits per heavy atom. The molecule has 0 fully saturated rings. The van der Waals surface area contributed by atoms with E-state index < -0.39 is 0 Å². The zero-order chi connectivity index (χ0) is 11.7. The molecule has 0 amide bonds. The first-order chi connectivity index (χ1) is 7.13. The van der Waals surface area contributed by atoms with Crippen molar-refractivity contribution in [2.45, 2.75) is 33.2 Å². The summed E-state index contributed by atoms with van der Waals surface area (Å²) < 4.78 is 5.14. The third-order valence-electron chi connectivity index (χ3n) is 2.61. The third kappa shape index (κ3) is 7.77. The molecule has 0 heterocycles. The van der Waals surface area contributed by atoms with Crippen LogP contribution in [0.25, 0.3) is 0 Å². The van der Waals surface area contributed by atoms with E-state index in [1.165, 1.54) is 6.42 Å². The van der Waals surface area contributed by atoms with E-state index in [1.54, 1.807) is 7.11 Å². The number of methoxy groups -OCH3 is 1. The van der Waals surface area contributed by atoms with E-state index in [1.807, 2.05) is 7.05 Å². The molecule has 0 radical (unpaired) electrons. The van der Waals surface area contributed by atoms with Crippen molar-refractivity contribution < 1.29 is 4.74 Å². The highest BCUT2D eigenvalue weighted by Gasteiger charge is 2.11. The molecule has 92 valence electrons. The van der Waals surface area contributed by atoms with Gasteiger partial charge in [0.2, 0.25) is 0 Å². The highest BCUT2D eigenvalue weighted by Crippen LogP contribution is 2.02. The molecule has 0 aliphatic heterocycles. The van der Waals surface area contributed by atoms with Gasteiger partial charge in [0.05, 0.1) is 6.61 Å². The van der Waals surface area contributed by atoms with Gasteiger partial charge >= 0.3 is 0 Å². The monoisotopic (exact) mass is 216 g/mol. The molecule has 0 spiro atoms. The van der Waals surface area contributed by atoms with Gasteiger partial charge in [-0.25, -0.2) is 0 Å². The van der Waals surface area contributed by atoms with E-state index in [4.69, 9.17) is 4.74 Å². The normalized spacial score (nSPS) is 13.8. The molecule has 0 aromatic heterocycles. The predicted molar refractivity (Wildman–Crippen MR) is 66.3 cm³/mol. The van der Waals surface area contributed by atoms with E-state index in [-0.39, 0.29) is 0 Å². The third-order valence-corrected chi connectivity index (χ3v) is 2.61. The molecule has 15 heavy (non-hydrogen) atoms. The number of nitrogens with zero attached hydrogens (tertiary/aromatic N) is 1. The fourth-order valence-electron chi connectivity index (χ4n) is 1.73. The first-order valence-corrected chi connectivity index (χ1v) is 6.02. The number of hydrogen-bond acceptors (Lipinski definition) is 3. The lowest BCUT2D eigenvalue weighted by molar-refractivity contribution is 0.132. The topological polar surface area (TPSA) is 24.5 Å². The quantitative estimate of drug-likeness (QED) is 0.633. The Morgan fingerprint density at radius 3 is 2.33 bits per heavy atom.